The quantitative estimate of drug-likeness (QED) is 0.377. The van der Waals surface area contributed by atoms with Gasteiger partial charge in [-0.25, -0.2) is 9.59 Å². The van der Waals surface area contributed by atoms with Gasteiger partial charge in [0.15, 0.2) is 0 Å². The summed E-state index contributed by atoms with van der Waals surface area (Å²) >= 11 is 6.34. The smallest absolute Gasteiger partial charge is 0.395 e. The molecule has 0 atom stereocenters. The summed E-state index contributed by atoms with van der Waals surface area (Å²) in [6.07, 6.45) is 2.27. The fourth-order valence-electron chi connectivity index (χ4n) is 4.84. The van der Waals surface area contributed by atoms with Crippen LogP contribution in [0.5, 0.6) is 0 Å². The monoisotopic (exact) mass is 455 g/mol. The lowest BCUT2D eigenvalue weighted by Gasteiger charge is -2.37. The number of piperazine rings is 1. The van der Waals surface area contributed by atoms with Crippen molar-refractivity contribution in [1.29, 1.82) is 0 Å². The number of benzene rings is 2. The minimum absolute atomic E-state index is 0.366. The van der Waals surface area contributed by atoms with Crippen molar-refractivity contribution in [3.8, 4) is 0 Å². The van der Waals surface area contributed by atoms with Crippen molar-refractivity contribution in [1.82, 2.24) is 4.90 Å². The Bertz CT molecular complexity index is 1010. The molecule has 2 aromatic carbocycles. The molecule has 0 aliphatic carbocycles. The molecule has 32 heavy (non-hydrogen) atoms. The van der Waals surface area contributed by atoms with Crippen LogP contribution < -0.4 is 9.80 Å². The van der Waals surface area contributed by atoms with Crippen LogP contribution in [0.25, 0.3) is 0 Å². The Morgan fingerprint density at radius 3 is 2.16 bits per heavy atom. The summed E-state index contributed by atoms with van der Waals surface area (Å²) < 4.78 is 10.8. The van der Waals surface area contributed by atoms with Crippen molar-refractivity contribution < 1.29 is 19.1 Å². The van der Waals surface area contributed by atoms with Crippen LogP contribution in [-0.4, -0.2) is 62.0 Å². The van der Waals surface area contributed by atoms with E-state index < -0.39 is 17.8 Å². The number of unbranched alkanes of at least 4 members (excludes halogenated alkanes) is 1. The third-order valence-electron chi connectivity index (χ3n) is 6.45. The summed E-state index contributed by atoms with van der Waals surface area (Å²) in [4.78, 5) is 30.3. The highest BCUT2D eigenvalue weighted by molar-refractivity contribution is 6.33. The van der Waals surface area contributed by atoms with Gasteiger partial charge < -0.3 is 14.4 Å². The molecule has 0 radical (unpaired) electrons. The number of hydrogen-bond donors (Lipinski definition) is 0. The highest BCUT2D eigenvalue weighted by Crippen LogP contribution is 2.43. The van der Waals surface area contributed by atoms with Gasteiger partial charge in [0.25, 0.3) is 0 Å². The standard InChI is InChI=1S/C24H26ClN3O4/c25-19-8-2-4-10-21(19)27-15-13-26(14-16-27)11-5-6-12-28-20-9-3-1-7-18(20)17-24(28)31-22(29)23(30)32-24/h1-4,7-10H,5-6,11-17H2. The summed E-state index contributed by atoms with van der Waals surface area (Å²) in [5, 5.41) is 0.800. The zero-order chi connectivity index (χ0) is 22.1. The molecule has 0 unspecified atom stereocenters. The molecule has 3 aliphatic rings. The average molecular weight is 456 g/mol. The van der Waals surface area contributed by atoms with Gasteiger partial charge in [-0.15, -0.1) is 0 Å². The van der Waals surface area contributed by atoms with Gasteiger partial charge in [-0.05, 0) is 43.1 Å². The van der Waals surface area contributed by atoms with E-state index in [1.165, 1.54) is 0 Å². The zero-order valence-corrected chi connectivity index (χ0v) is 18.6. The minimum Gasteiger partial charge on any atom is -0.395 e. The van der Waals surface area contributed by atoms with Crippen LogP contribution in [0.1, 0.15) is 18.4 Å². The number of anilines is 2. The topological polar surface area (TPSA) is 62.3 Å². The predicted octanol–water partition coefficient (Wildman–Crippen LogP) is 3.06. The largest absolute Gasteiger partial charge is 0.422 e. The summed E-state index contributed by atoms with van der Waals surface area (Å²) in [5.74, 6) is -3.16. The van der Waals surface area contributed by atoms with Gasteiger partial charge in [0, 0.05) is 38.4 Å². The Kier molecular flexibility index (Phi) is 5.69. The lowest BCUT2D eigenvalue weighted by atomic mass is 10.1. The second-order valence-corrected chi connectivity index (χ2v) is 8.84. The van der Waals surface area contributed by atoms with Gasteiger partial charge in [0.1, 0.15) is 0 Å². The number of fused-ring (bicyclic) bond motifs is 1. The van der Waals surface area contributed by atoms with Crippen LogP contribution >= 0.6 is 11.6 Å². The van der Waals surface area contributed by atoms with Gasteiger partial charge in [0.2, 0.25) is 0 Å². The zero-order valence-electron chi connectivity index (χ0n) is 17.8. The number of nitrogens with zero attached hydrogens (tertiary/aromatic N) is 3. The van der Waals surface area contributed by atoms with E-state index in [0.717, 1.165) is 67.5 Å². The van der Waals surface area contributed by atoms with Crippen molar-refractivity contribution in [2.75, 3.05) is 49.1 Å². The van der Waals surface area contributed by atoms with Crippen LogP contribution in [0.15, 0.2) is 48.5 Å². The second kappa shape index (κ2) is 8.64. The second-order valence-electron chi connectivity index (χ2n) is 8.44. The highest BCUT2D eigenvalue weighted by Gasteiger charge is 2.57. The number of para-hydroxylation sites is 2. The highest BCUT2D eigenvalue weighted by atomic mass is 35.5. The molecule has 8 heteroatoms. The van der Waals surface area contributed by atoms with E-state index in [9.17, 15) is 9.59 Å². The fraction of sp³-hybridized carbons (Fsp3) is 0.417. The van der Waals surface area contributed by atoms with Gasteiger partial charge in [-0.1, -0.05) is 41.9 Å². The summed E-state index contributed by atoms with van der Waals surface area (Å²) in [6.45, 7) is 5.56. The Labute approximate surface area is 192 Å². The predicted molar refractivity (Wildman–Crippen MR) is 122 cm³/mol. The van der Waals surface area contributed by atoms with E-state index >= 15 is 0 Å². The number of carbonyl (C=O) groups excluding carboxylic acids is 2. The van der Waals surface area contributed by atoms with Gasteiger partial charge in [-0.3, -0.25) is 9.80 Å². The van der Waals surface area contributed by atoms with Crippen LogP contribution in [0, 0.1) is 0 Å². The third-order valence-corrected chi connectivity index (χ3v) is 6.77. The van der Waals surface area contributed by atoms with E-state index in [1.807, 2.05) is 47.4 Å². The number of ether oxygens (including phenoxy) is 2. The third kappa shape index (κ3) is 3.91. The maximum absolute atomic E-state index is 11.8. The Morgan fingerprint density at radius 1 is 0.812 bits per heavy atom. The van der Waals surface area contributed by atoms with Crippen molar-refractivity contribution >= 4 is 34.9 Å². The molecule has 2 saturated heterocycles. The molecule has 0 aromatic heterocycles. The minimum atomic E-state index is -1.32. The van der Waals surface area contributed by atoms with E-state index in [4.69, 9.17) is 21.1 Å². The first kappa shape index (κ1) is 21.1. The van der Waals surface area contributed by atoms with Crippen LogP contribution in [0.2, 0.25) is 5.02 Å². The van der Waals surface area contributed by atoms with Gasteiger partial charge >= 0.3 is 17.8 Å². The van der Waals surface area contributed by atoms with Crippen molar-refractivity contribution in [2.45, 2.75) is 25.2 Å². The van der Waals surface area contributed by atoms with Gasteiger partial charge in [-0.2, -0.15) is 0 Å². The van der Waals surface area contributed by atoms with Crippen molar-refractivity contribution in [3.05, 3.63) is 59.1 Å². The first-order valence-electron chi connectivity index (χ1n) is 11.1. The van der Waals surface area contributed by atoms with Gasteiger partial charge in [0.05, 0.1) is 17.1 Å². The first-order chi connectivity index (χ1) is 15.6. The maximum Gasteiger partial charge on any atom is 0.422 e. The number of hydrogen-bond acceptors (Lipinski definition) is 7. The van der Waals surface area contributed by atoms with E-state index in [1.54, 1.807) is 0 Å². The number of carbonyl (C=O) groups is 2. The first-order valence-corrected chi connectivity index (χ1v) is 11.5. The number of halogens is 1. The molecule has 7 nitrogen and oxygen atoms in total. The molecular weight excluding hydrogens is 430 g/mol. The molecule has 0 amide bonds. The van der Waals surface area contributed by atoms with E-state index in [0.29, 0.717) is 13.0 Å². The Hall–Kier alpha value is -2.77. The summed E-state index contributed by atoms with van der Waals surface area (Å²) in [7, 11) is 0. The lowest BCUT2D eigenvalue weighted by Crippen LogP contribution is -2.49. The Morgan fingerprint density at radius 2 is 1.44 bits per heavy atom. The van der Waals surface area contributed by atoms with Crippen LogP contribution in [-0.2, 0) is 25.5 Å². The molecule has 0 N–H and O–H groups in total. The number of esters is 2. The van der Waals surface area contributed by atoms with E-state index in [-0.39, 0.29) is 0 Å². The molecule has 0 saturated carbocycles. The average Bonchev–Trinajstić information content (AvgIpc) is 3.25. The molecule has 2 aromatic rings. The lowest BCUT2D eigenvalue weighted by molar-refractivity contribution is -0.174. The van der Waals surface area contributed by atoms with Crippen molar-refractivity contribution in [2.24, 2.45) is 0 Å². The van der Waals surface area contributed by atoms with Crippen LogP contribution in [0.4, 0.5) is 11.4 Å². The Balaban J connectivity index is 1.14. The molecule has 3 aliphatic heterocycles. The molecule has 1 spiro atoms. The SMILES string of the molecule is O=C1OC2(Cc3ccccc3N2CCCCN2CCN(c3ccccc3Cl)CC2)OC1=O. The normalized spacial score (nSPS) is 19.9. The number of rotatable bonds is 6. The summed E-state index contributed by atoms with van der Waals surface area (Å²) in [5.41, 5.74) is 3.08. The molecular formula is C24H26ClN3O4. The maximum atomic E-state index is 11.8. The summed E-state index contributed by atoms with van der Waals surface area (Å²) in [6, 6.07) is 15.8. The molecule has 2 fully saturated rings. The van der Waals surface area contributed by atoms with Crippen LogP contribution in [0.3, 0.4) is 0 Å². The molecule has 0 bridgehead atoms. The molecule has 3 heterocycles. The van der Waals surface area contributed by atoms with Crippen molar-refractivity contribution in [3.63, 3.8) is 0 Å². The fourth-order valence-corrected chi connectivity index (χ4v) is 5.09. The molecule has 168 valence electrons. The van der Waals surface area contributed by atoms with E-state index in [2.05, 4.69) is 15.9 Å². The molecule has 5 rings (SSSR count).